The van der Waals surface area contributed by atoms with Crippen molar-refractivity contribution in [2.75, 3.05) is 13.2 Å². The van der Waals surface area contributed by atoms with Gasteiger partial charge in [-0.2, -0.15) is 0 Å². The number of hydrogen-bond acceptors (Lipinski definition) is 3. The van der Waals surface area contributed by atoms with E-state index in [1.165, 1.54) is 81.8 Å². The van der Waals surface area contributed by atoms with E-state index >= 15 is 0 Å². The molecule has 36 heavy (non-hydrogen) atoms. The predicted octanol–water partition coefficient (Wildman–Crippen LogP) is 10.2. The van der Waals surface area contributed by atoms with Crippen LogP contribution in [0.5, 0.6) is 0 Å². The minimum atomic E-state index is -1.69. The highest BCUT2D eigenvalue weighted by atomic mass is 31.2. The molecule has 2 aromatic carbocycles. The van der Waals surface area contributed by atoms with Crippen molar-refractivity contribution >= 4 is 8.60 Å². The van der Waals surface area contributed by atoms with Crippen LogP contribution in [0.25, 0.3) is 0 Å². The van der Waals surface area contributed by atoms with Crippen molar-refractivity contribution in [3.63, 3.8) is 0 Å². The summed E-state index contributed by atoms with van der Waals surface area (Å²) < 4.78 is 10.9. The summed E-state index contributed by atoms with van der Waals surface area (Å²) in [6.07, 6.45) is 17.2. The van der Waals surface area contributed by atoms with Gasteiger partial charge in [-0.1, -0.05) is 145 Å². The van der Waals surface area contributed by atoms with Crippen LogP contribution >= 0.6 is 8.60 Å². The second kappa shape index (κ2) is 20.8. The lowest BCUT2D eigenvalue weighted by molar-refractivity contribution is 0.193. The van der Waals surface area contributed by atoms with Gasteiger partial charge in [0.2, 0.25) is 0 Å². The predicted molar refractivity (Wildman–Crippen MR) is 155 cm³/mol. The Morgan fingerprint density at radius 3 is 1.39 bits per heavy atom. The van der Waals surface area contributed by atoms with Crippen LogP contribution in [0, 0.1) is 5.92 Å². The lowest BCUT2D eigenvalue weighted by Crippen LogP contribution is -2.01. The van der Waals surface area contributed by atoms with Crippen LogP contribution in [-0.4, -0.2) is 18.1 Å². The average Bonchev–Trinajstić information content (AvgIpc) is 2.89. The molecule has 0 saturated heterocycles. The number of rotatable bonds is 22. The van der Waals surface area contributed by atoms with E-state index in [2.05, 4.69) is 74.5 Å². The Morgan fingerprint density at radius 2 is 0.944 bits per heavy atom. The lowest BCUT2D eigenvalue weighted by atomic mass is 9.87. The molecule has 0 heterocycles. The summed E-state index contributed by atoms with van der Waals surface area (Å²) >= 11 is 0. The van der Waals surface area contributed by atoms with Crippen LogP contribution in [0.1, 0.15) is 121 Å². The summed E-state index contributed by atoms with van der Waals surface area (Å²) in [4.78, 5) is 9.88. The van der Waals surface area contributed by atoms with Gasteiger partial charge in [0, 0.05) is 5.92 Å². The van der Waals surface area contributed by atoms with Gasteiger partial charge in [-0.3, -0.25) is 0 Å². The third-order valence-electron chi connectivity index (χ3n) is 6.87. The van der Waals surface area contributed by atoms with Crippen molar-refractivity contribution in [2.24, 2.45) is 5.92 Å². The Kier molecular flexibility index (Phi) is 17.9. The summed E-state index contributed by atoms with van der Waals surface area (Å²) in [6.45, 7) is 5.79. The molecule has 0 aliphatic carbocycles. The maximum atomic E-state index is 9.88. The SMILES string of the molecule is CC(C)CCCCCCCOP(O)OCCCCCCCCCC(c1ccccc1)c1ccccc1. The highest BCUT2D eigenvalue weighted by Crippen LogP contribution is 2.33. The van der Waals surface area contributed by atoms with Crippen molar-refractivity contribution in [2.45, 2.75) is 110 Å². The van der Waals surface area contributed by atoms with Crippen molar-refractivity contribution in [1.29, 1.82) is 0 Å². The van der Waals surface area contributed by atoms with Crippen LogP contribution in [0.2, 0.25) is 0 Å². The van der Waals surface area contributed by atoms with Gasteiger partial charge in [0.05, 0.1) is 13.2 Å². The highest BCUT2D eigenvalue weighted by molar-refractivity contribution is 7.40. The van der Waals surface area contributed by atoms with Crippen molar-refractivity contribution < 1.29 is 13.9 Å². The van der Waals surface area contributed by atoms with E-state index in [1.807, 2.05) is 0 Å². The first-order valence-electron chi connectivity index (χ1n) is 14.5. The second-order valence-electron chi connectivity index (χ2n) is 10.5. The molecule has 4 heteroatoms. The quantitative estimate of drug-likeness (QED) is 0.125. The fourth-order valence-corrected chi connectivity index (χ4v) is 5.38. The van der Waals surface area contributed by atoms with Crippen LogP contribution in [-0.2, 0) is 9.05 Å². The molecule has 1 atom stereocenters. The summed E-state index contributed by atoms with van der Waals surface area (Å²) in [7, 11) is -1.69. The molecule has 0 radical (unpaired) electrons. The zero-order chi connectivity index (χ0) is 25.7. The molecule has 202 valence electrons. The van der Waals surface area contributed by atoms with E-state index in [0.29, 0.717) is 19.1 Å². The van der Waals surface area contributed by atoms with Crippen LogP contribution < -0.4 is 0 Å². The molecule has 0 bridgehead atoms. The van der Waals surface area contributed by atoms with Gasteiger partial charge < -0.3 is 13.9 Å². The normalized spacial score (nSPS) is 12.5. The van der Waals surface area contributed by atoms with Gasteiger partial charge in [-0.25, -0.2) is 0 Å². The highest BCUT2D eigenvalue weighted by Gasteiger charge is 2.13. The molecule has 0 saturated carbocycles. The van der Waals surface area contributed by atoms with Gasteiger partial charge in [0.25, 0.3) is 0 Å². The van der Waals surface area contributed by atoms with Gasteiger partial charge in [0.15, 0.2) is 0 Å². The van der Waals surface area contributed by atoms with E-state index in [-0.39, 0.29) is 0 Å². The van der Waals surface area contributed by atoms with E-state index in [4.69, 9.17) is 9.05 Å². The molecule has 1 N–H and O–H groups in total. The van der Waals surface area contributed by atoms with E-state index in [9.17, 15) is 4.89 Å². The van der Waals surface area contributed by atoms with Crippen LogP contribution in [0.15, 0.2) is 60.7 Å². The third kappa shape index (κ3) is 15.1. The molecule has 0 spiro atoms. The number of hydrogen-bond donors (Lipinski definition) is 1. The van der Waals surface area contributed by atoms with Gasteiger partial charge in [-0.15, -0.1) is 0 Å². The van der Waals surface area contributed by atoms with E-state index in [0.717, 1.165) is 25.2 Å². The molecular formula is C32H51O3P. The molecule has 0 fully saturated rings. The Bertz CT molecular complexity index is 698. The third-order valence-corrected chi connectivity index (χ3v) is 7.68. The van der Waals surface area contributed by atoms with Gasteiger partial charge in [-0.05, 0) is 36.3 Å². The van der Waals surface area contributed by atoms with Crippen LogP contribution in [0.4, 0.5) is 0 Å². The Hall–Kier alpha value is -1.25. The first-order valence-corrected chi connectivity index (χ1v) is 15.6. The number of benzene rings is 2. The standard InChI is InChI=1S/C32H51O3P/c1-29(2)21-13-7-6-10-20-28-35-36(33)34-27-19-9-5-3-4-8-18-26-32(30-22-14-11-15-23-30)31-24-16-12-17-25-31/h11-12,14-17,22-25,29,32-33H,3-10,13,18-21,26-28H2,1-2H3. The summed E-state index contributed by atoms with van der Waals surface area (Å²) in [5, 5.41) is 0. The topological polar surface area (TPSA) is 38.7 Å². The average molecular weight is 515 g/mol. The van der Waals surface area contributed by atoms with Crippen molar-refractivity contribution in [3.05, 3.63) is 71.8 Å². The molecular weight excluding hydrogens is 463 g/mol. The molecule has 2 aromatic rings. The molecule has 1 unspecified atom stereocenters. The fraction of sp³-hybridized carbons (Fsp3) is 0.625. The first-order chi connectivity index (χ1) is 17.7. The van der Waals surface area contributed by atoms with Crippen LogP contribution in [0.3, 0.4) is 0 Å². The molecule has 0 aliphatic heterocycles. The summed E-state index contributed by atoms with van der Waals surface area (Å²) in [5.74, 6) is 1.31. The second-order valence-corrected chi connectivity index (χ2v) is 11.5. The maximum absolute atomic E-state index is 9.88. The molecule has 0 aromatic heterocycles. The Labute approximate surface area is 223 Å². The van der Waals surface area contributed by atoms with Crippen molar-refractivity contribution in [3.8, 4) is 0 Å². The summed E-state index contributed by atoms with van der Waals surface area (Å²) in [5.41, 5.74) is 2.85. The Balaban J connectivity index is 1.42. The smallest absolute Gasteiger partial charge is 0.328 e. The summed E-state index contributed by atoms with van der Waals surface area (Å²) in [6, 6.07) is 21.9. The van der Waals surface area contributed by atoms with E-state index < -0.39 is 8.60 Å². The van der Waals surface area contributed by atoms with E-state index in [1.54, 1.807) is 0 Å². The van der Waals surface area contributed by atoms with Gasteiger partial charge >= 0.3 is 8.60 Å². The minimum absolute atomic E-state index is 0.495. The molecule has 2 rings (SSSR count). The zero-order valence-corrected chi connectivity index (χ0v) is 23.8. The minimum Gasteiger partial charge on any atom is -0.328 e. The zero-order valence-electron chi connectivity index (χ0n) is 23.0. The maximum Gasteiger partial charge on any atom is 0.329 e. The molecule has 0 amide bonds. The lowest BCUT2D eigenvalue weighted by Gasteiger charge is -2.18. The first kappa shape index (κ1) is 31.0. The fourth-order valence-electron chi connectivity index (χ4n) is 4.74. The molecule has 3 nitrogen and oxygen atoms in total. The number of unbranched alkanes of at least 4 members (excludes halogenated alkanes) is 10. The monoisotopic (exact) mass is 514 g/mol. The van der Waals surface area contributed by atoms with Crippen molar-refractivity contribution in [1.82, 2.24) is 0 Å². The largest absolute Gasteiger partial charge is 0.329 e. The molecule has 0 aliphatic rings. The Morgan fingerprint density at radius 1 is 0.556 bits per heavy atom. The van der Waals surface area contributed by atoms with Gasteiger partial charge in [0.1, 0.15) is 0 Å².